The minimum Gasteiger partial charge on any atom is -0.399 e. The molecule has 6 nitrogen and oxygen atoms in total. The molecule has 34 heavy (non-hydrogen) atoms. The maximum absolute atomic E-state index is 15.7. The Bertz CT molecular complexity index is 1190. The lowest BCUT2D eigenvalue weighted by molar-refractivity contribution is 0.0421. The molecule has 5 rings (SSSR count). The summed E-state index contributed by atoms with van der Waals surface area (Å²) in [6.07, 6.45) is 4.87. The summed E-state index contributed by atoms with van der Waals surface area (Å²) in [5.41, 5.74) is 9.40. The second-order valence-corrected chi connectivity index (χ2v) is 9.74. The summed E-state index contributed by atoms with van der Waals surface area (Å²) < 4.78 is 15.7. The van der Waals surface area contributed by atoms with Crippen LogP contribution in [0.25, 0.3) is 11.4 Å². The van der Waals surface area contributed by atoms with Crippen LogP contribution in [0.5, 0.6) is 0 Å². The summed E-state index contributed by atoms with van der Waals surface area (Å²) in [5, 5.41) is 8.61. The molecule has 0 unspecified atom stereocenters. The van der Waals surface area contributed by atoms with Gasteiger partial charge in [0.25, 0.3) is 5.91 Å². The van der Waals surface area contributed by atoms with Gasteiger partial charge < -0.3 is 15.6 Å². The summed E-state index contributed by atoms with van der Waals surface area (Å²) in [6.45, 7) is 4.78. The molecule has 1 aliphatic heterocycles. The highest BCUT2D eigenvalue weighted by molar-refractivity contribution is 5.97. The number of benzene rings is 2. The second kappa shape index (κ2) is 8.85. The van der Waals surface area contributed by atoms with Gasteiger partial charge in [-0.15, -0.1) is 10.2 Å². The number of nitrogen functional groups attached to an aromatic ring is 1. The molecule has 1 aliphatic carbocycles. The lowest BCUT2D eigenvalue weighted by atomic mass is 9.77. The molecule has 1 saturated carbocycles. The highest BCUT2D eigenvalue weighted by Crippen LogP contribution is 2.42. The van der Waals surface area contributed by atoms with E-state index < -0.39 is 5.67 Å². The van der Waals surface area contributed by atoms with Crippen LogP contribution in [0, 0.1) is 6.92 Å². The van der Waals surface area contributed by atoms with Gasteiger partial charge in [0.15, 0.2) is 5.82 Å². The molecule has 0 spiro atoms. The number of carbonyl (C=O) groups excluding carboxylic acids is 1. The molecule has 0 bridgehead atoms. The first kappa shape index (κ1) is 22.6. The predicted octanol–water partition coefficient (Wildman–Crippen LogP) is 5.29. The zero-order valence-electron chi connectivity index (χ0n) is 19.9. The number of aryl methyl sites for hydroxylation is 2. The van der Waals surface area contributed by atoms with Crippen molar-refractivity contribution in [3.8, 4) is 11.4 Å². The fourth-order valence-electron chi connectivity index (χ4n) is 5.11. The Morgan fingerprint density at radius 1 is 1.18 bits per heavy atom. The summed E-state index contributed by atoms with van der Waals surface area (Å²) >= 11 is 0. The van der Waals surface area contributed by atoms with Crippen LogP contribution in [0.1, 0.15) is 77.8 Å². The van der Waals surface area contributed by atoms with Crippen LogP contribution in [0.3, 0.4) is 0 Å². The lowest BCUT2D eigenvalue weighted by Crippen LogP contribution is -2.43. The number of carbonyl (C=O) groups is 1. The van der Waals surface area contributed by atoms with Crippen molar-refractivity contribution in [2.24, 2.45) is 0 Å². The Labute approximate surface area is 199 Å². The topological polar surface area (TPSA) is 87.9 Å². The third-order valence-corrected chi connectivity index (χ3v) is 7.57. The van der Waals surface area contributed by atoms with Gasteiger partial charge in [0, 0.05) is 49.2 Å². The van der Waals surface area contributed by atoms with E-state index in [1.165, 1.54) is 12.0 Å². The summed E-state index contributed by atoms with van der Waals surface area (Å²) in [6, 6.07) is 11.1. The van der Waals surface area contributed by atoms with Crippen LogP contribution >= 0.6 is 0 Å². The lowest BCUT2D eigenvalue weighted by Gasteiger charge is -2.37. The van der Waals surface area contributed by atoms with Crippen molar-refractivity contribution < 1.29 is 9.18 Å². The van der Waals surface area contributed by atoms with Crippen molar-refractivity contribution in [1.29, 1.82) is 0 Å². The number of hydrogen-bond donors (Lipinski definition) is 2. The first-order valence-electron chi connectivity index (χ1n) is 12.3. The number of amides is 1. The third-order valence-electron chi connectivity index (χ3n) is 7.57. The molecule has 1 aromatic heterocycles. The molecule has 2 aromatic carbocycles. The SMILES string of the molecule is CCc1nnc(-c2cc(C(=O)N3CCC(F)(c4ccc(N)cc4)CC3)c(C)cc2C2CCC2)[nH]1. The van der Waals surface area contributed by atoms with Gasteiger partial charge in [0.2, 0.25) is 0 Å². The van der Waals surface area contributed by atoms with Gasteiger partial charge >= 0.3 is 0 Å². The van der Waals surface area contributed by atoms with E-state index in [0.717, 1.165) is 42.0 Å². The van der Waals surface area contributed by atoms with Gasteiger partial charge in [-0.1, -0.05) is 31.5 Å². The maximum atomic E-state index is 15.7. The quantitative estimate of drug-likeness (QED) is 0.505. The largest absolute Gasteiger partial charge is 0.399 e. The number of alkyl halides is 1. The number of anilines is 1. The third kappa shape index (κ3) is 4.08. The smallest absolute Gasteiger partial charge is 0.254 e. The Balaban J connectivity index is 1.40. The molecule has 2 fully saturated rings. The molecule has 3 aromatic rings. The summed E-state index contributed by atoms with van der Waals surface area (Å²) in [4.78, 5) is 18.7. The van der Waals surface area contributed by atoms with Gasteiger partial charge in [-0.2, -0.15) is 0 Å². The number of H-pyrrole nitrogens is 1. The first-order chi connectivity index (χ1) is 16.4. The number of piperidine rings is 1. The van der Waals surface area contributed by atoms with E-state index in [4.69, 9.17) is 5.73 Å². The van der Waals surface area contributed by atoms with Gasteiger partial charge in [-0.05, 0) is 60.6 Å². The molecule has 178 valence electrons. The molecule has 1 amide bonds. The number of nitrogens with zero attached hydrogens (tertiary/aromatic N) is 3. The number of halogens is 1. The number of nitrogens with one attached hydrogen (secondary N) is 1. The average molecular weight is 462 g/mol. The number of rotatable bonds is 5. The van der Waals surface area contributed by atoms with Gasteiger partial charge in [-0.3, -0.25) is 4.79 Å². The molecular formula is C27H32FN5O. The molecule has 0 atom stereocenters. The molecule has 1 saturated heterocycles. The van der Waals surface area contributed by atoms with E-state index in [9.17, 15) is 4.79 Å². The summed E-state index contributed by atoms with van der Waals surface area (Å²) in [7, 11) is 0. The molecule has 3 N–H and O–H groups in total. The minimum absolute atomic E-state index is 0.0477. The standard InChI is InChI=1S/C27H32FN5O/c1-3-24-30-25(32-31-24)23-16-21(17(2)15-22(23)18-5-4-6-18)26(34)33-13-11-27(28,12-14-33)19-7-9-20(29)10-8-19/h7-10,15-16,18H,3-6,11-14,29H2,1-2H3,(H,30,31,32). The zero-order chi connectivity index (χ0) is 23.9. The molecule has 0 radical (unpaired) electrons. The number of aromatic nitrogens is 3. The van der Waals surface area contributed by atoms with E-state index in [1.807, 2.05) is 19.9 Å². The van der Waals surface area contributed by atoms with Crippen LogP contribution in [0.15, 0.2) is 36.4 Å². The van der Waals surface area contributed by atoms with Crippen molar-refractivity contribution in [2.75, 3.05) is 18.8 Å². The molecule has 2 heterocycles. The highest BCUT2D eigenvalue weighted by Gasteiger charge is 2.38. The highest BCUT2D eigenvalue weighted by atomic mass is 19.1. The van der Waals surface area contributed by atoms with Crippen LogP contribution in [-0.2, 0) is 12.1 Å². The number of nitrogens with two attached hydrogens (primary N) is 1. The van der Waals surface area contributed by atoms with Crippen LogP contribution < -0.4 is 5.73 Å². The molecule has 2 aliphatic rings. The van der Waals surface area contributed by atoms with Crippen LogP contribution in [0.2, 0.25) is 0 Å². The zero-order valence-corrected chi connectivity index (χ0v) is 19.9. The van der Waals surface area contributed by atoms with Gasteiger partial charge in [0.05, 0.1) is 0 Å². The monoisotopic (exact) mass is 461 g/mol. The number of likely N-dealkylation sites (tertiary alicyclic amines) is 1. The predicted molar refractivity (Wildman–Crippen MR) is 131 cm³/mol. The number of hydrogen-bond acceptors (Lipinski definition) is 4. The van der Waals surface area contributed by atoms with E-state index in [2.05, 4.69) is 21.2 Å². The fraction of sp³-hybridized carbons (Fsp3) is 0.444. The minimum atomic E-state index is -1.44. The van der Waals surface area contributed by atoms with E-state index in [-0.39, 0.29) is 18.7 Å². The van der Waals surface area contributed by atoms with Crippen molar-refractivity contribution in [3.05, 3.63) is 64.5 Å². The van der Waals surface area contributed by atoms with Crippen molar-refractivity contribution in [2.45, 2.75) is 64.0 Å². The van der Waals surface area contributed by atoms with E-state index >= 15 is 4.39 Å². The van der Waals surface area contributed by atoms with Crippen LogP contribution in [0.4, 0.5) is 10.1 Å². The van der Waals surface area contributed by atoms with Crippen molar-refractivity contribution in [1.82, 2.24) is 20.1 Å². The molecular weight excluding hydrogens is 429 g/mol. The Kier molecular flexibility index (Phi) is 5.88. The van der Waals surface area contributed by atoms with Gasteiger partial charge in [0.1, 0.15) is 11.5 Å². The Morgan fingerprint density at radius 2 is 1.88 bits per heavy atom. The van der Waals surface area contributed by atoms with Crippen molar-refractivity contribution >= 4 is 11.6 Å². The maximum Gasteiger partial charge on any atom is 0.254 e. The van der Waals surface area contributed by atoms with Gasteiger partial charge in [-0.25, -0.2) is 4.39 Å². The Morgan fingerprint density at radius 3 is 2.47 bits per heavy atom. The average Bonchev–Trinajstić information content (AvgIpc) is 3.28. The van der Waals surface area contributed by atoms with Crippen molar-refractivity contribution in [3.63, 3.8) is 0 Å². The number of aromatic amines is 1. The van der Waals surface area contributed by atoms with E-state index in [0.29, 0.717) is 35.8 Å². The summed E-state index contributed by atoms with van der Waals surface area (Å²) in [5.74, 6) is 2.00. The first-order valence-corrected chi connectivity index (χ1v) is 12.3. The fourth-order valence-corrected chi connectivity index (χ4v) is 5.11. The van der Waals surface area contributed by atoms with Crippen LogP contribution in [-0.4, -0.2) is 39.1 Å². The Hall–Kier alpha value is -3.22. The molecule has 7 heteroatoms. The van der Waals surface area contributed by atoms with E-state index in [1.54, 1.807) is 29.2 Å². The second-order valence-electron chi connectivity index (χ2n) is 9.74. The normalized spacial score (nSPS) is 18.0.